The Balaban J connectivity index is 1.93. The summed E-state index contributed by atoms with van der Waals surface area (Å²) in [5.74, 6) is -2.99. The van der Waals surface area contributed by atoms with Crippen LogP contribution in [0.25, 0.3) is 5.69 Å². The first kappa shape index (κ1) is 25.5. The average molecular weight is 529 g/mol. The summed E-state index contributed by atoms with van der Waals surface area (Å²) < 4.78 is 33.9. The standard InChI is InChI=1S/C27H20Cl2F2N2O3/c1-2-36-27(35)24-25(33(15-32-24)22-13-18(28)12-19(29)14-22)23(11-16-3-7-20(30)8-4-16)26(34)17-5-9-21(31)10-6-17/h3-10,12-15,23H,2,11H2,1H3. The van der Waals surface area contributed by atoms with Crippen LogP contribution in [-0.4, -0.2) is 27.9 Å². The van der Waals surface area contributed by atoms with Crippen LogP contribution >= 0.6 is 23.2 Å². The lowest BCUT2D eigenvalue weighted by Crippen LogP contribution is -2.22. The topological polar surface area (TPSA) is 61.2 Å². The number of carbonyl (C=O) groups is 2. The van der Waals surface area contributed by atoms with Crippen LogP contribution in [0.1, 0.15) is 44.9 Å². The van der Waals surface area contributed by atoms with E-state index in [-0.39, 0.29) is 35.8 Å². The molecule has 0 aliphatic rings. The van der Waals surface area contributed by atoms with E-state index in [2.05, 4.69) is 4.98 Å². The van der Waals surface area contributed by atoms with Crippen molar-refractivity contribution in [2.75, 3.05) is 6.61 Å². The fraction of sp³-hybridized carbons (Fsp3) is 0.148. The van der Waals surface area contributed by atoms with Crippen molar-refractivity contribution in [3.8, 4) is 5.69 Å². The quantitative estimate of drug-likeness (QED) is 0.185. The van der Waals surface area contributed by atoms with Crippen molar-refractivity contribution in [2.24, 2.45) is 0 Å². The van der Waals surface area contributed by atoms with Crippen LogP contribution in [-0.2, 0) is 11.2 Å². The molecule has 1 heterocycles. The van der Waals surface area contributed by atoms with Gasteiger partial charge >= 0.3 is 5.97 Å². The number of esters is 1. The number of rotatable bonds is 8. The molecule has 184 valence electrons. The number of aromatic nitrogens is 2. The first-order valence-electron chi connectivity index (χ1n) is 11.0. The zero-order chi connectivity index (χ0) is 25.8. The van der Waals surface area contributed by atoms with Crippen molar-refractivity contribution in [1.82, 2.24) is 9.55 Å². The second kappa shape index (κ2) is 11.0. The highest BCUT2D eigenvalue weighted by Gasteiger charge is 2.32. The molecule has 0 radical (unpaired) electrons. The number of hydrogen-bond acceptors (Lipinski definition) is 4. The lowest BCUT2D eigenvalue weighted by atomic mass is 9.87. The third kappa shape index (κ3) is 5.64. The normalized spacial score (nSPS) is 11.8. The van der Waals surface area contributed by atoms with Crippen molar-refractivity contribution in [1.29, 1.82) is 0 Å². The zero-order valence-corrected chi connectivity index (χ0v) is 20.6. The highest BCUT2D eigenvalue weighted by molar-refractivity contribution is 6.34. The number of hydrogen-bond donors (Lipinski definition) is 0. The van der Waals surface area contributed by atoms with Crippen LogP contribution in [0.4, 0.5) is 8.78 Å². The van der Waals surface area contributed by atoms with Gasteiger partial charge < -0.3 is 9.30 Å². The van der Waals surface area contributed by atoms with E-state index in [1.807, 2.05) is 0 Å². The molecule has 0 fully saturated rings. The molecular formula is C27H20Cl2F2N2O3. The molecular weight excluding hydrogens is 509 g/mol. The fourth-order valence-corrected chi connectivity index (χ4v) is 4.43. The van der Waals surface area contributed by atoms with Gasteiger partial charge in [0.2, 0.25) is 0 Å². The van der Waals surface area contributed by atoms with E-state index in [4.69, 9.17) is 27.9 Å². The molecule has 0 saturated carbocycles. The largest absolute Gasteiger partial charge is 0.461 e. The molecule has 4 aromatic rings. The van der Waals surface area contributed by atoms with Crippen molar-refractivity contribution in [3.63, 3.8) is 0 Å². The number of imidazole rings is 1. The Kier molecular flexibility index (Phi) is 7.82. The van der Waals surface area contributed by atoms with Gasteiger partial charge in [-0.05, 0) is 73.5 Å². The summed E-state index contributed by atoms with van der Waals surface area (Å²) in [6.45, 7) is 1.76. The van der Waals surface area contributed by atoms with Crippen LogP contribution in [0, 0.1) is 11.6 Å². The molecule has 1 atom stereocenters. The summed E-state index contributed by atoms with van der Waals surface area (Å²) in [6.07, 6.45) is 1.49. The minimum Gasteiger partial charge on any atom is -0.461 e. The highest BCUT2D eigenvalue weighted by atomic mass is 35.5. The lowest BCUT2D eigenvalue weighted by molar-refractivity contribution is 0.0518. The molecule has 36 heavy (non-hydrogen) atoms. The maximum atomic E-state index is 13.8. The maximum Gasteiger partial charge on any atom is 0.358 e. The van der Waals surface area contributed by atoms with E-state index < -0.39 is 23.5 Å². The van der Waals surface area contributed by atoms with Crippen LogP contribution in [0.5, 0.6) is 0 Å². The van der Waals surface area contributed by atoms with Crippen LogP contribution in [0.2, 0.25) is 10.0 Å². The predicted molar refractivity (Wildman–Crippen MR) is 133 cm³/mol. The first-order chi connectivity index (χ1) is 17.3. The zero-order valence-electron chi connectivity index (χ0n) is 19.1. The Morgan fingerprint density at radius 2 is 1.53 bits per heavy atom. The Bertz CT molecular complexity index is 1380. The average Bonchev–Trinajstić information content (AvgIpc) is 3.28. The van der Waals surface area contributed by atoms with Gasteiger partial charge in [-0.25, -0.2) is 18.6 Å². The number of halogens is 4. The number of nitrogens with zero attached hydrogens (tertiary/aromatic N) is 2. The van der Waals surface area contributed by atoms with Gasteiger partial charge in [0.1, 0.15) is 18.0 Å². The smallest absolute Gasteiger partial charge is 0.358 e. The number of benzene rings is 3. The molecule has 0 amide bonds. The third-order valence-electron chi connectivity index (χ3n) is 5.53. The molecule has 1 unspecified atom stereocenters. The number of Topliss-reactive ketones (excluding diaryl/α,β-unsaturated/α-hetero) is 1. The monoisotopic (exact) mass is 528 g/mol. The minimum atomic E-state index is -0.972. The van der Waals surface area contributed by atoms with Gasteiger partial charge in [0.25, 0.3) is 0 Å². The van der Waals surface area contributed by atoms with Crippen molar-refractivity contribution in [3.05, 3.63) is 117 Å². The Labute approximate surface area is 216 Å². The number of ketones is 1. The molecule has 1 aromatic heterocycles. The number of carbonyl (C=O) groups excluding carboxylic acids is 2. The second-order valence-corrected chi connectivity index (χ2v) is 8.82. The predicted octanol–water partition coefficient (Wildman–Crippen LogP) is 6.84. The summed E-state index contributed by atoms with van der Waals surface area (Å²) in [5.41, 5.74) is 1.53. The van der Waals surface area contributed by atoms with Gasteiger partial charge in [-0.3, -0.25) is 4.79 Å². The van der Waals surface area contributed by atoms with E-state index in [0.29, 0.717) is 21.3 Å². The fourth-order valence-electron chi connectivity index (χ4n) is 3.92. The molecule has 4 rings (SSSR count). The summed E-state index contributed by atoms with van der Waals surface area (Å²) >= 11 is 12.4. The molecule has 5 nitrogen and oxygen atoms in total. The van der Waals surface area contributed by atoms with Crippen molar-refractivity contribution >= 4 is 35.0 Å². The summed E-state index contributed by atoms with van der Waals surface area (Å²) in [6, 6.07) is 15.6. The molecule has 3 aromatic carbocycles. The Morgan fingerprint density at radius 3 is 2.11 bits per heavy atom. The Hall–Kier alpha value is -3.55. The second-order valence-electron chi connectivity index (χ2n) is 7.95. The SMILES string of the molecule is CCOC(=O)c1ncn(-c2cc(Cl)cc(Cl)c2)c1C(Cc1ccc(F)cc1)C(=O)c1ccc(F)cc1. The molecule has 0 aliphatic carbocycles. The molecule has 9 heteroatoms. The number of ether oxygens (including phenoxy) is 1. The van der Waals surface area contributed by atoms with Gasteiger partial charge in [-0.1, -0.05) is 35.3 Å². The van der Waals surface area contributed by atoms with E-state index >= 15 is 0 Å². The lowest BCUT2D eigenvalue weighted by Gasteiger charge is -2.20. The van der Waals surface area contributed by atoms with Gasteiger partial charge in [-0.2, -0.15) is 0 Å². The molecule has 0 bridgehead atoms. The van der Waals surface area contributed by atoms with Crippen LogP contribution in [0.15, 0.2) is 73.1 Å². The van der Waals surface area contributed by atoms with Gasteiger partial charge in [0, 0.05) is 21.3 Å². The maximum absolute atomic E-state index is 13.8. The van der Waals surface area contributed by atoms with E-state index in [1.54, 1.807) is 41.8 Å². The molecule has 0 aliphatic heterocycles. The van der Waals surface area contributed by atoms with Gasteiger partial charge in [0.05, 0.1) is 18.2 Å². The Morgan fingerprint density at radius 1 is 0.944 bits per heavy atom. The summed E-state index contributed by atoms with van der Waals surface area (Å²) in [5, 5.41) is 0.685. The van der Waals surface area contributed by atoms with E-state index in [9.17, 15) is 18.4 Å². The van der Waals surface area contributed by atoms with Crippen molar-refractivity contribution in [2.45, 2.75) is 19.3 Å². The summed E-state index contributed by atoms with van der Waals surface area (Å²) in [4.78, 5) is 31.0. The summed E-state index contributed by atoms with van der Waals surface area (Å²) in [7, 11) is 0. The van der Waals surface area contributed by atoms with Crippen LogP contribution < -0.4 is 0 Å². The molecule has 0 N–H and O–H groups in total. The third-order valence-corrected chi connectivity index (χ3v) is 5.96. The van der Waals surface area contributed by atoms with Crippen LogP contribution in [0.3, 0.4) is 0 Å². The minimum absolute atomic E-state index is 0.0597. The van der Waals surface area contributed by atoms with E-state index in [1.165, 1.54) is 42.7 Å². The first-order valence-corrected chi connectivity index (χ1v) is 11.8. The van der Waals surface area contributed by atoms with Crippen molar-refractivity contribution < 1.29 is 23.1 Å². The highest BCUT2D eigenvalue weighted by Crippen LogP contribution is 2.32. The van der Waals surface area contributed by atoms with Gasteiger partial charge in [0.15, 0.2) is 11.5 Å². The van der Waals surface area contributed by atoms with Gasteiger partial charge in [-0.15, -0.1) is 0 Å². The molecule has 0 spiro atoms. The van der Waals surface area contributed by atoms with E-state index in [0.717, 1.165) is 0 Å². The molecule has 0 saturated heterocycles.